The fourth-order valence-electron chi connectivity index (χ4n) is 1.66. The average molecular weight is 316 g/mol. The second-order valence-electron chi connectivity index (χ2n) is 4.18. The van der Waals surface area contributed by atoms with Crippen LogP contribution in [0.25, 0.3) is 0 Å². The molecule has 1 aromatic carbocycles. The fraction of sp³-hybridized carbons (Fsp3) is 0.429. The zero-order valence-corrected chi connectivity index (χ0v) is 12.9. The molecule has 0 bridgehead atoms. The SMILES string of the molecule is CCSc1cc(Cl)ccc1C(=O)NCCCCC(=O)O. The van der Waals surface area contributed by atoms with E-state index in [1.54, 1.807) is 30.0 Å². The van der Waals surface area contributed by atoms with Crippen LogP contribution in [0, 0.1) is 0 Å². The van der Waals surface area contributed by atoms with Gasteiger partial charge in [0.2, 0.25) is 0 Å². The minimum absolute atomic E-state index is 0.133. The van der Waals surface area contributed by atoms with Crippen LogP contribution in [0.1, 0.15) is 36.5 Å². The van der Waals surface area contributed by atoms with Gasteiger partial charge in [-0.05, 0) is 36.8 Å². The molecule has 0 aliphatic heterocycles. The molecule has 0 aromatic heterocycles. The molecule has 1 amide bonds. The van der Waals surface area contributed by atoms with Crippen molar-refractivity contribution in [1.29, 1.82) is 0 Å². The molecule has 0 atom stereocenters. The highest BCUT2D eigenvalue weighted by atomic mass is 35.5. The summed E-state index contributed by atoms with van der Waals surface area (Å²) in [6, 6.07) is 5.20. The van der Waals surface area contributed by atoms with Crippen molar-refractivity contribution in [2.24, 2.45) is 0 Å². The first-order valence-electron chi connectivity index (χ1n) is 6.47. The van der Waals surface area contributed by atoms with Crippen LogP contribution in [-0.2, 0) is 4.79 Å². The number of carbonyl (C=O) groups is 2. The Hall–Kier alpha value is -1.20. The maximum atomic E-state index is 12.1. The van der Waals surface area contributed by atoms with Crippen LogP contribution in [-0.4, -0.2) is 29.3 Å². The van der Waals surface area contributed by atoms with Crippen molar-refractivity contribution in [1.82, 2.24) is 5.32 Å². The standard InChI is InChI=1S/C14H18ClNO3S/c1-2-20-12-9-10(15)6-7-11(12)14(19)16-8-4-3-5-13(17)18/h6-7,9H,2-5,8H2,1H3,(H,16,19)(H,17,18). The van der Waals surface area contributed by atoms with Crippen LogP contribution in [0.15, 0.2) is 23.1 Å². The lowest BCUT2D eigenvalue weighted by atomic mass is 10.2. The van der Waals surface area contributed by atoms with Crippen LogP contribution < -0.4 is 5.32 Å². The molecule has 6 heteroatoms. The molecule has 20 heavy (non-hydrogen) atoms. The van der Waals surface area contributed by atoms with Gasteiger partial charge in [0, 0.05) is 22.9 Å². The summed E-state index contributed by atoms with van der Waals surface area (Å²) in [6.07, 6.45) is 1.35. The summed E-state index contributed by atoms with van der Waals surface area (Å²) in [5.74, 6) is -0.0946. The Labute approximate surface area is 127 Å². The summed E-state index contributed by atoms with van der Waals surface area (Å²) < 4.78 is 0. The van der Waals surface area contributed by atoms with Gasteiger partial charge in [-0.15, -0.1) is 11.8 Å². The van der Waals surface area contributed by atoms with Crippen molar-refractivity contribution in [3.05, 3.63) is 28.8 Å². The molecule has 0 heterocycles. The number of hydrogen-bond acceptors (Lipinski definition) is 3. The quantitative estimate of drug-likeness (QED) is 0.569. The van der Waals surface area contributed by atoms with Crippen molar-refractivity contribution in [3.63, 3.8) is 0 Å². The van der Waals surface area contributed by atoms with Crippen LogP contribution in [0.4, 0.5) is 0 Å². The predicted molar refractivity (Wildman–Crippen MR) is 81.7 cm³/mol. The molecule has 0 radical (unpaired) electrons. The lowest BCUT2D eigenvalue weighted by Crippen LogP contribution is -2.25. The molecule has 4 nitrogen and oxygen atoms in total. The number of carboxylic acids is 1. The Kier molecular flexibility index (Phi) is 7.47. The Balaban J connectivity index is 2.52. The van der Waals surface area contributed by atoms with Crippen LogP contribution in [0.5, 0.6) is 0 Å². The number of rotatable bonds is 8. The van der Waals surface area contributed by atoms with Crippen LogP contribution >= 0.6 is 23.4 Å². The van der Waals surface area contributed by atoms with Gasteiger partial charge in [-0.2, -0.15) is 0 Å². The van der Waals surface area contributed by atoms with E-state index >= 15 is 0 Å². The Morgan fingerprint density at radius 3 is 2.75 bits per heavy atom. The number of benzene rings is 1. The van der Waals surface area contributed by atoms with Gasteiger partial charge in [0.15, 0.2) is 0 Å². The smallest absolute Gasteiger partial charge is 0.303 e. The molecule has 0 saturated carbocycles. The predicted octanol–water partition coefficient (Wildman–Crippen LogP) is 3.44. The van der Waals surface area contributed by atoms with Gasteiger partial charge in [0.1, 0.15) is 0 Å². The van der Waals surface area contributed by atoms with Crippen molar-refractivity contribution >= 4 is 35.2 Å². The second kappa shape index (κ2) is 8.87. The third kappa shape index (κ3) is 5.84. The number of halogens is 1. The third-order valence-electron chi connectivity index (χ3n) is 2.59. The summed E-state index contributed by atoms with van der Waals surface area (Å²) in [5.41, 5.74) is 0.611. The lowest BCUT2D eigenvalue weighted by Gasteiger charge is -2.09. The number of hydrogen-bond donors (Lipinski definition) is 2. The highest BCUT2D eigenvalue weighted by Gasteiger charge is 2.11. The summed E-state index contributed by atoms with van der Waals surface area (Å²) in [4.78, 5) is 23.3. The highest BCUT2D eigenvalue weighted by molar-refractivity contribution is 7.99. The van der Waals surface area contributed by atoms with Crippen molar-refractivity contribution < 1.29 is 14.7 Å². The Morgan fingerprint density at radius 1 is 1.35 bits per heavy atom. The van der Waals surface area contributed by atoms with Crippen LogP contribution in [0.2, 0.25) is 5.02 Å². The molecule has 1 rings (SSSR count). The Bertz CT molecular complexity index is 479. The summed E-state index contributed by atoms with van der Waals surface area (Å²) in [6.45, 7) is 2.49. The van der Waals surface area contributed by atoms with E-state index in [-0.39, 0.29) is 12.3 Å². The zero-order chi connectivity index (χ0) is 15.0. The maximum Gasteiger partial charge on any atom is 0.303 e. The van der Waals surface area contributed by atoms with E-state index in [1.807, 2.05) is 6.92 Å². The molecule has 0 fully saturated rings. The van der Waals surface area contributed by atoms with Gasteiger partial charge >= 0.3 is 5.97 Å². The molecule has 2 N–H and O–H groups in total. The van der Waals surface area contributed by atoms with E-state index in [0.29, 0.717) is 30.0 Å². The van der Waals surface area contributed by atoms with Crippen molar-refractivity contribution in [2.45, 2.75) is 31.1 Å². The number of aliphatic carboxylic acids is 1. The number of unbranched alkanes of at least 4 members (excludes halogenated alkanes) is 1. The minimum Gasteiger partial charge on any atom is -0.481 e. The second-order valence-corrected chi connectivity index (χ2v) is 5.92. The molecule has 110 valence electrons. The monoisotopic (exact) mass is 315 g/mol. The first-order chi connectivity index (χ1) is 9.54. The summed E-state index contributed by atoms with van der Waals surface area (Å²) >= 11 is 7.50. The summed E-state index contributed by atoms with van der Waals surface area (Å²) in [5, 5.41) is 11.9. The number of carboxylic acid groups (broad SMARTS) is 1. The van der Waals surface area contributed by atoms with E-state index in [4.69, 9.17) is 16.7 Å². The van der Waals surface area contributed by atoms with E-state index in [9.17, 15) is 9.59 Å². The van der Waals surface area contributed by atoms with Gasteiger partial charge in [-0.1, -0.05) is 18.5 Å². The van der Waals surface area contributed by atoms with Gasteiger partial charge in [0.05, 0.1) is 5.56 Å². The molecule has 0 saturated heterocycles. The number of amides is 1. The lowest BCUT2D eigenvalue weighted by molar-refractivity contribution is -0.137. The van der Waals surface area contributed by atoms with E-state index in [0.717, 1.165) is 10.6 Å². The summed E-state index contributed by atoms with van der Waals surface area (Å²) in [7, 11) is 0. The molecule has 0 aliphatic rings. The normalized spacial score (nSPS) is 10.3. The number of thioether (sulfide) groups is 1. The largest absolute Gasteiger partial charge is 0.481 e. The van der Waals surface area contributed by atoms with Gasteiger partial charge in [0.25, 0.3) is 5.91 Å². The van der Waals surface area contributed by atoms with E-state index in [2.05, 4.69) is 5.32 Å². The zero-order valence-electron chi connectivity index (χ0n) is 11.3. The fourth-order valence-corrected chi connectivity index (χ4v) is 2.73. The third-order valence-corrected chi connectivity index (χ3v) is 3.76. The molecule has 0 spiro atoms. The topological polar surface area (TPSA) is 66.4 Å². The number of carbonyl (C=O) groups excluding carboxylic acids is 1. The first-order valence-corrected chi connectivity index (χ1v) is 7.83. The van der Waals surface area contributed by atoms with Gasteiger partial charge in [-0.25, -0.2) is 0 Å². The highest BCUT2D eigenvalue weighted by Crippen LogP contribution is 2.26. The Morgan fingerprint density at radius 2 is 2.10 bits per heavy atom. The van der Waals surface area contributed by atoms with E-state index < -0.39 is 5.97 Å². The minimum atomic E-state index is -0.810. The number of nitrogens with one attached hydrogen (secondary N) is 1. The first kappa shape index (κ1) is 16.9. The van der Waals surface area contributed by atoms with E-state index in [1.165, 1.54) is 0 Å². The maximum absolute atomic E-state index is 12.1. The van der Waals surface area contributed by atoms with Gasteiger partial charge in [-0.3, -0.25) is 9.59 Å². The van der Waals surface area contributed by atoms with Crippen LogP contribution in [0.3, 0.4) is 0 Å². The molecule has 0 unspecified atom stereocenters. The van der Waals surface area contributed by atoms with Crippen molar-refractivity contribution in [3.8, 4) is 0 Å². The molecule has 0 aliphatic carbocycles. The molecule has 1 aromatic rings. The van der Waals surface area contributed by atoms with Crippen molar-refractivity contribution in [2.75, 3.05) is 12.3 Å². The molecular weight excluding hydrogens is 298 g/mol. The average Bonchev–Trinajstić information content (AvgIpc) is 2.38. The van der Waals surface area contributed by atoms with Gasteiger partial charge < -0.3 is 10.4 Å². The molecular formula is C14H18ClNO3S.